The third kappa shape index (κ3) is 2.72. The Bertz CT molecular complexity index is 251. The Kier molecular flexibility index (Phi) is 2.83. The van der Waals surface area contributed by atoms with Crippen molar-refractivity contribution >= 4 is 11.9 Å². The summed E-state index contributed by atoms with van der Waals surface area (Å²) in [7, 11) is 1.33. The van der Waals surface area contributed by atoms with Gasteiger partial charge in [-0.15, -0.1) is 0 Å². The fraction of sp³-hybridized carbons (Fsp3) is 0.800. The number of carbonyl (C=O) groups is 2. The molecular formula is C10H16O4. The zero-order valence-corrected chi connectivity index (χ0v) is 8.99. The van der Waals surface area contributed by atoms with Crippen molar-refractivity contribution in [1.29, 1.82) is 0 Å². The predicted octanol–water partition coefficient (Wildman–Crippen LogP) is 1.14. The van der Waals surface area contributed by atoms with E-state index >= 15 is 0 Å². The van der Waals surface area contributed by atoms with Crippen molar-refractivity contribution in [2.45, 2.75) is 32.8 Å². The molecule has 14 heavy (non-hydrogen) atoms. The maximum absolute atomic E-state index is 11.4. The monoisotopic (exact) mass is 200 g/mol. The van der Waals surface area contributed by atoms with Crippen LogP contribution in [0.4, 0.5) is 0 Å². The third-order valence-electron chi connectivity index (χ3n) is 2.00. The minimum Gasteiger partial charge on any atom is -0.469 e. The maximum Gasteiger partial charge on any atom is 0.310 e. The minimum atomic E-state index is -0.486. The van der Waals surface area contributed by atoms with Crippen LogP contribution < -0.4 is 0 Å². The molecule has 2 atom stereocenters. The summed E-state index contributed by atoms with van der Waals surface area (Å²) in [5.41, 5.74) is -0.486. The smallest absolute Gasteiger partial charge is 0.310 e. The molecule has 1 rings (SSSR count). The second-order valence-corrected chi connectivity index (χ2v) is 4.51. The van der Waals surface area contributed by atoms with Crippen LogP contribution in [0, 0.1) is 11.8 Å². The molecule has 0 aromatic rings. The molecule has 0 spiro atoms. The quantitative estimate of drug-likeness (QED) is 0.627. The van der Waals surface area contributed by atoms with Gasteiger partial charge in [0.2, 0.25) is 0 Å². The van der Waals surface area contributed by atoms with Crippen LogP contribution in [0.3, 0.4) is 0 Å². The molecule has 1 aliphatic carbocycles. The molecule has 0 N–H and O–H groups in total. The van der Waals surface area contributed by atoms with Crippen molar-refractivity contribution in [3.05, 3.63) is 0 Å². The first-order chi connectivity index (χ1) is 6.35. The first-order valence-corrected chi connectivity index (χ1v) is 4.66. The van der Waals surface area contributed by atoms with E-state index in [2.05, 4.69) is 4.74 Å². The van der Waals surface area contributed by atoms with Gasteiger partial charge in [-0.3, -0.25) is 9.59 Å². The van der Waals surface area contributed by atoms with Crippen LogP contribution in [0.15, 0.2) is 0 Å². The first-order valence-electron chi connectivity index (χ1n) is 4.66. The molecule has 0 aromatic carbocycles. The fourth-order valence-corrected chi connectivity index (χ4v) is 1.24. The van der Waals surface area contributed by atoms with Crippen molar-refractivity contribution in [3.63, 3.8) is 0 Å². The average molecular weight is 200 g/mol. The Hall–Kier alpha value is -1.06. The summed E-state index contributed by atoms with van der Waals surface area (Å²) in [5.74, 6) is -1.19. The van der Waals surface area contributed by atoms with Crippen molar-refractivity contribution in [1.82, 2.24) is 0 Å². The lowest BCUT2D eigenvalue weighted by atomic mass is 10.2. The van der Waals surface area contributed by atoms with Gasteiger partial charge in [-0.1, -0.05) is 0 Å². The van der Waals surface area contributed by atoms with Crippen LogP contribution in [-0.2, 0) is 19.1 Å². The van der Waals surface area contributed by atoms with E-state index in [-0.39, 0.29) is 23.8 Å². The third-order valence-corrected chi connectivity index (χ3v) is 2.00. The fourth-order valence-electron chi connectivity index (χ4n) is 1.24. The summed E-state index contributed by atoms with van der Waals surface area (Å²) in [5, 5.41) is 0. The second-order valence-electron chi connectivity index (χ2n) is 4.51. The van der Waals surface area contributed by atoms with Gasteiger partial charge < -0.3 is 9.47 Å². The van der Waals surface area contributed by atoms with Gasteiger partial charge in [0.25, 0.3) is 0 Å². The first kappa shape index (κ1) is 11.0. The van der Waals surface area contributed by atoms with Gasteiger partial charge in [-0.25, -0.2) is 0 Å². The molecule has 4 nitrogen and oxygen atoms in total. The largest absolute Gasteiger partial charge is 0.469 e. The van der Waals surface area contributed by atoms with E-state index < -0.39 is 5.60 Å². The van der Waals surface area contributed by atoms with Crippen LogP contribution in [0.5, 0.6) is 0 Å². The van der Waals surface area contributed by atoms with E-state index in [1.807, 2.05) is 0 Å². The van der Waals surface area contributed by atoms with Crippen molar-refractivity contribution in [2.24, 2.45) is 11.8 Å². The molecule has 0 radical (unpaired) electrons. The molecule has 0 aliphatic heterocycles. The number of hydrogen-bond acceptors (Lipinski definition) is 4. The average Bonchev–Trinajstić information content (AvgIpc) is 2.78. The molecule has 4 heteroatoms. The lowest BCUT2D eigenvalue weighted by Crippen LogP contribution is -2.25. The Morgan fingerprint density at radius 3 is 2.07 bits per heavy atom. The predicted molar refractivity (Wildman–Crippen MR) is 49.5 cm³/mol. The Morgan fingerprint density at radius 2 is 1.64 bits per heavy atom. The SMILES string of the molecule is COC(=O)[C@H]1C[C@@H]1C(=O)OC(C)(C)C. The summed E-state index contributed by atoms with van der Waals surface area (Å²) >= 11 is 0. The number of methoxy groups -OCH3 is 1. The number of carbonyl (C=O) groups excluding carboxylic acids is 2. The van der Waals surface area contributed by atoms with Crippen LogP contribution >= 0.6 is 0 Å². The normalized spacial score (nSPS) is 25.4. The zero-order valence-electron chi connectivity index (χ0n) is 8.99. The number of rotatable bonds is 2. The van der Waals surface area contributed by atoms with Gasteiger partial charge in [0.05, 0.1) is 18.9 Å². The summed E-state index contributed by atoms with van der Waals surface area (Å²) < 4.78 is 9.68. The van der Waals surface area contributed by atoms with Gasteiger partial charge in [-0.05, 0) is 27.2 Å². The Balaban J connectivity index is 2.40. The highest BCUT2D eigenvalue weighted by atomic mass is 16.6. The van der Waals surface area contributed by atoms with Gasteiger partial charge in [0.15, 0.2) is 0 Å². The van der Waals surface area contributed by atoms with Crippen molar-refractivity contribution in [3.8, 4) is 0 Å². The van der Waals surface area contributed by atoms with E-state index in [0.29, 0.717) is 6.42 Å². The van der Waals surface area contributed by atoms with E-state index in [9.17, 15) is 9.59 Å². The van der Waals surface area contributed by atoms with Crippen molar-refractivity contribution < 1.29 is 19.1 Å². The molecule has 1 saturated carbocycles. The summed E-state index contributed by atoms with van der Waals surface area (Å²) in [6.07, 6.45) is 0.557. The van der Waals surface area contributed by atoms with Crippen LogP contribution in [-0.4, -0.2) is 24.6 Å². The standard InChI is InChI=1S/C10H16O4/c1-10(2,3)14-9(12)7-5-6(7)8(11)13-4/h6-7H,5H2,1-4H3/t6-,7-/m0/s1. The minimum absolute atomic E-state index is 0.283. The van der Waals surface area contributed by atoms with E-state index in [1.165, 1.54) is 7.11 Å². The number of ether oxygens (including phenoxy) is 2. The molecule has 1 fully saturated rings. The van der Waals surface area contributed by atoms with E-state index in [0.717, 1.165) is 0 Å². The maximum atomic E-state index is 11.4. The molecule has 0 bridgehead atoms. The lowest BCUT2D eigenvalue weighted by molar-refractivity contribution is -0.158. The molecule has 80 valence electrons. The molecule has 0 heterocycles. The van der Waals surface area contributed by atoms with E-state index in [1.54, 1.807) is 20.8 Å². The molecule has 0 amide bonds. The highest BCUT2D eigenvalue weighted by Crippen LogP contribution is 2.41. The molecule has 0 unspecified atom stereocenters. The summed E-state index contributed by atoms with van der Waals surface area (Å²) in [4.78, 5) is 22.4. The Morgan fingerprint density at radius 1 is 1.14 bits per heavy atom. The van der Waals surface area contributed by atoms with Gasteiger partial charge in [0, 0.05) is 0 Å². The highest BCUT2D eigenvalue weighted by Gasteiger charge is 2.50. The second kappa shape index (κ2) is 3.59. The Labute approximate surface area is 83.6 Å². The number of hydrogen-bond donors (Lipinski definition) is 0. The summed E-state index contributed by atoms with van der Waals surface area (Å²) in [6, 6.07) is 0. The zero-order chi connectivity index (χ0) is 10.9. The van der Waals surface area contributed by atoms with Crippen molar-refractivity contribution in [2.75, 3.05) is 7.11 Å². The van der Waals surface area contributed by atoms with Crippen LogP contribution in [0.25, 0.3) is 0 Å². The topological polar surface area (TPSA) is 52.6 Å². The summed E-state index contributed by atoms with van der Waals surface area (Å²) in [6.45, 7) is 5.42. The van der Waals surface area contributed by atoms with Crippen LogP contribution in [0.2, 0.25) is 0 Å². The molecule has 1 aliphatic rings. The van der Waals surface area contributed by atoms with Gasteiger partial charge >= 0.3 is 11.9 Å². The molecule has 0 aromatic heterocycles. The highest BCUT2D eigenvalue weighted by molar-refractivity contribution is 5.87. The molecular weight excluding hydrogens is 184 g/mol. The van der Waals surface area contributed by atoms with Gasteiger partial charge in [-0.2, -0.15) is 0 Å². The van der Waals surface area contributed by atoms with Gasteiger partial charge in [0.1, 0.15) is 5.60 Å². The lowest BCUT2D eigenvalue weighted by Gasteiger charge is -2.19. The van der Waals surface area contributed by atoms with E-state index in [4.69, 9.17) is 4.74 Å². The molecule has 0 saturated heterocycles. The van der Waals surface area contributed by atoms with Crippen LogP contribution in [0.1, 0.15) is 27.2 Å². The number of esters is 2.